The Bertz CT molecular complexity index is 925. The highest BCUT2D eigenvalue weighted by Gasteiger charge is 2.11. The lowest BCUT2D eigenvalue weighted by Gasteiger charge is -2.03. The number of hydrogen-bond donors (Lipinski definition) is 1. The molecule has 2 aliphatic heterocycles. The Morgan fingerprint density at radius 1 is 1.40 bits per heavy atom. The molecular weight excluding hydrogens is 276 g/mol. The fourth-order valence-corrected chi connectivity index (χ4v) is 2.10. The van der Waals surface area contributed by atoms with Crippen molar-refractivity contribution in [1.29, 1.82) is 0 Å². The highest BCUT2D eigenvalue weighted by molar-refractivity contribution is 6.30. The van der Waals surface area contributed by atoms with Gasteiger partial charge in [0.1, 0.15) is 5.35 Å². The number of imidazole rings is 1. The first-order valence-corrected chi connectivity index (χ1v) is 6.34. The Kier molecular flexibility index (Phi) is 2.91. The average molecular weight is 287 g/mol. The Morgan fingerprint density at radius 3 is 2.95 bits per heavy atom. The second-order valence-electron chi connectivity index (χ2n) is 4.42. The minimum atomic E-state index is -0.348. The van der Waals surface area contributed by atoms with Crippen molar-refractivity contribution in [2.24, 2.45) is 0 Å². The van der Waals surface area contributed by atoms with Crippen LogP contribution in [-0.2, 0) is 0 Å². The van der Waals surface area contributed by atoms with Crippen LogP contribution in [0.4, 0.5) is 0 Å². The second kappa shape index (κ2) is 4.61. The van der Waals surface area contributed by atoms with E-state index in [9.17, 15) is 4.79 Å². The number of hydrogen-bond acceptors (Lipinski definition) is 3. The van der Waals surface area contributed by atoms with Gasteiger partial charge < -0.3 is 0 Å². The van der Waals surface area contributed by atoms with Gasteiger partial charge in [-0.2, -0.15) is 4.98 Å². The van der Waals surface area contributed by atoms with Crippen LogP contribution < -0.4 is 16.3 Å². The van der Waals surface area contributed by atoms with Crippen LogP contribution in [0.2, 0.25) is 5.02 Å². The quantitative estimate of drug-likeness (QED) is 0.712. The Hall–Kier alpha value is -2.40. The van der Waals surface area contributed by atoms with E-state index in [1.165, 1.54) is 4.68 Å². The van der Waals surface area contributed by atoms with Crippen LogP contribution in [0.1, 0.15) is 11.3 Å². The third-order valence-electron chi connectivity index (χ3n) is 2.96. The first-order valence-electron chi connectivity index (χ1n) is 5.96. The molecule has 0 unspecified atom stereocenters. The van der Waals surface area contributed by atoms with Crippen molar-refractivity contribution in [3.63, 3.8) is 0 Å². The molecule has 100 valence electrons. The number of aryl methyl sites for hydroxylation is 1. The van der Waals surface area contributed by atoms with E-state index in [0.29, 0.717) is 27.4 Å². The van der Waals surface area contributed by atoms with Crippen molar-refractivity contribution < 1.29 is 0 Å². The summed E-state index contributed by atoms with van der Waals surface area (Å²) < 4.78 is 1.53. The third kappa shape index (κ3) is 2.12. The molecule has 0 saturated carbocycles. The summed E-state index contributed by atoms with van der Waals surface area (Å²) in [6.07, 6.45) is 1.71. The average Bonchev–Trinajstić information content (AvgIpc) is 2.67. The summed E-state index contributed by atoms with van der Waals surface area (Å²) in [5.74, 6) is 0.327. The van der Waals surface area contributed by atoms with Crippen molar-refractivity contribution in [3.8, 4) is 5.95 Å². The molecule has 5 nitrogen and oxygen atoms in total. The number of H-pyrrole nitrogens is 1. The van der Waals surface area contributed by atoms with Gasteiger partial charge in [0.25, 0.3) is 11.5 Å². The molecule has 0 aliphatic carbocycles. The van der Waals surface area contributed by atoms with E-state index in [2.05, 4.69) is 21.6 Å². The van der Waals surface area contributed by atoms with Crippen molar-refractivity contribution in [2.45, 2.75) is 6.92 Å². The highest BCUT2D eigenvalue weighted by Crippen LogP contribution is 2.10. The van der Waals surface area contributed by atoms with Crippen LogP contribution in [0, 0.1) is 6.92 Å². The summed E-state index contributed by atoms with van der Waals surface area (Å²) in [5.41, 5.74) is 1.17. The molecule has 0 fully saturated rings. The van der Waals surface area contributed by atoms with Gasteiger partial charge in [0.05, 0.1) is 11.0 Å². The van der Waals surface area contributed by atoms with E-state index in [4.69, 9.17) is 11.6 Å². The van der Waals surface area contributed by atoms with Crippen molar-refractivity contribution in [1.82, 2.24) is 19.7 Å². The number of benzene rings is 1. The number of halogens is 1. The first kappa shape index (κ1) is 12.6. The van der Waals surface area contributed by atoms with Crippen molar-refractivity contribution in [3.05, 3.63) is 61.6 Å². The second-order valence-corrected chi connectivity index (χ2v) is 4.86. The van der Waals surface area contributed by atoms with Gasteiger partial charge in [-0.15, -0.1) is 0 Å². The lowest BCUT2D eigenvalue weighted by molar-refractivity contribution is 0.746. The van der Waals surface area contributed by atoms with Crippen LogP contribution in [0.5, 0.6) is 0 Å². The summed E-state index contributed by atoms with van der Waals surface area (Å²) in [7, 11) is 0. The molecule has 1 N–H and O–H groups in total. The van der Waals surface area contributed by atoms with E-state index in [1.807, 2.05) is 12.1 Å². The summed E-state index contributed by atoms with van der Waals surface area (Å²) in [5, 5.41) is 4.63. The van der Waals surface area contributed by atoms with Gasteiger partial charge in [0.2, 0.25) is 0 Å². The number of nitrogens with one attached hydrogen (secondary N) is 1. The molecule has 0 spiro atoms. The molecule has 0 bridgehead atoms. The van der Waals surface area contributed by atoms with E-state index >= 15 is 0 Å². The third-order valence-corrected chi connectivity index (χ3v) is 3.20. The predicted octanol–water partition coefficient (Wildman–Crippen LogP) is 0.594. The molecule has 2 heterocycles. The largest absolute Gasteiger partial charge is 0.299 e. The van der Waals surface area contributed by atoms with Gasteiger partial charge in [0, 0.05) is 5.02 Å². The Morgan fingerprint density at radius 2 is 2.20 bits per heavy atom. The van der Waals surface area contributed by atoms with Gasteiger partial charge in [-0.3, -0.25) is 9.89 Å². The van der Waals surface area contributed by atoms with Gasteiger partial charge in [-0.05, 0) is 30.7 Å². The molecular formula is C14H11ClN4O. The maximum absolute atomic E-state index is 12.0. The zero-order valence-electron chi connectivity index (χ0n) is 10.7. The standard InChI is InChI=1S/C14H11ClN4O/c1-8-9(2)18-19-12(13(20)17-14(19)16-8)7-10-4-3-5-11(15)6-10/h3-7,18H,2H2,1H3/b12-7+. The molecule has 1 aromatic carbocycles. The van der Waals surface area contributed by atoms with E-state index in [0.717, 1.165) is 5.56 Å². The minimum absolute atomic E-state index is 0.327. The molecule has 0 radical (unpaired) electrons. The molecule has 3 rings (SSSR count). The van der Waals surface area contributed by atoms with Gasteiger partial charge in [0.15, 0.2) is 0 Å². The fourth-order valence-electron chi connectivity index (χ4n) is 1.90. The highest BCUT2D eigenvalue weighted by atomic mass is 35.5. The first-order chi connectivity index (χ1) is 9.54. The van der Waals surface area contributed by atoms with Gasteiger partial charge >= 0.3 is 0 Å². The van der Waals surface area contributed by atoms with Gasteiger partial charge in [-0.1, -0.05) is 30.3 Å². The van der Waals surface area contributed by atoms with Crippen LogP contribution >= 0.6 is 11.6 Å². The van der Waals surface area contributed by atoms with Crippen molar-refractivity contribution in [2.75, 3.05) is 0 Å². The molecule has 2 aliphatic rings. The smallest absolute Gasteiger partial charge is 0.290 e. The molecule has 1 aromatic rings. The zero-order valence-corrected chi connectivity index (χ0v) is 11.5. The van der Waals surface area contributed by atoms with Crippen molar-refractivity contribution >= 4 is 24.3 Å². The monoisotopic (exact) mass is 286 g/mol. The van der Waals surface area contributed by atoms with Crippen LogP contribution in [0.15, 0.2) is 29.1 Å². The maximum atomic E-state index is 12.0. The molecule has 0 aromatic heterocycles. The predicted molar refractivity (Wildman–Crippen MR) is 77.7 cm³/mol. The molecule has 0 amide bonds. The van der Waals surface area contributed by atoms with E-state index < -0.39 is 0 Å². The Labute approximate surface area is 119 Å². The van der Waals surface area contributed by atoms with Crippen LogP contribution in [-0.4, -0.2) is 19.7 Å². The molecule has 20 heavy (non-hydrogen) atoms. The summed E-state index contributed by atoms with van der Waals surface area (Å²) in [6, 6.07) is 7.22. The van der Waals surface area contributed by atoms with Crippen LogP contribution in [0.25, 0.3) is 18.6 Å². The summed E-state index contributed by atoms with van der Waals surface area (Å²) in [6.45, 7) is 5.64. The van der Waals surface area contributed by atoms with Gasteiger partial charge in [-0.25, -0.2) is 9.67 Å². The topological polar surface area (TPSA) is 63.6 Å². The number of aromatic nitrogens is 4. The Balaban J connectivity index is 2.32. The van der Waals surface area contributed by atoms with Crippen LogP contribution in [0.3, 0.4) is 0 Å². The SMILES string of the molecule is C=c1[nH]n2/c(=C/c3cccc(Cl)c3)c(=O)nc-2nc1C. The fraction of sp³-hybridized carbons (Fsp3) is 0.0714. The van der Waals surface area contributed by atoms with E-state index in [1.54, 1.807) is 25.1 Å². The number of aromatic amines is 1. The van der Waals surface area contributed by atoms with E-state index in [-0.39, 0.29) is 5.56 Å². The number of rotatable bonds is 1. The molecule has 0 saturated heterocycles. The number of nitrogens with zero attached hydrogens (tertiary/aromatic N) is 3. The minimum Gasteiger partial charge on any atom is -0.290 e. The normalized spacial score (nSPS) is 12.2. The molecule has 0 atom stereocenters. The summed E-state index contributed by atoms with van der Waals surface area (Å²) in [4.78, 5) is 20.1. The molecule has 6 heteroatoms. The maximum Gasteiger partial charge on any atom is 0.299 e. The number of fused-ring (bicyclic) bond motifs is 1. The zero-order chi connectivity index (χ0) is 14.3. The summed E-state index contributed by atoms with van der Waals surface area (Å²) >= 11 is 5.94. The lowest BCUT2D eigenvalue weighted by Crippen LogP contribution is -2.32. The lowest BCUT2D eigenvalue weighted by atomic mass is 10.2.